The Morgan fingerprint density at radius 2 is 2.11 bits per heavy atom. The summed E-state index contributed by atoms with van der Waals surface area (Å²) in [5, 5.41) is 9.35. The molecule has 0 aliphatic heterocycles. The lowest BCUT2D eigenvalue weighted by Gasteiger charge is -2.28. The minimum Gasteiger partial charge on any atom is -0.479 e. The van der Waals surface area contributed by atoms with E-state index in [0.717, 1.165) is 10.9 Å². The Morgan fingerprint density at radius 1 is 1.44 bits per heavy atom. The largest absolute Gasteiger partial charge is 0.479 e. The number of aliphatic carboxylic acids is 1. The third-order valence-corrected chi connectivity index (χ3v) is 3.07. The van der Waals surface area contributed by atoms with Crippen LogP contribution in [0.4, 0.5) is 0 Å². The normalized spacial score (nSPS) is 11.9. The monoisotopic (exact) mass is 313 g/mol. The van der Waals surface area contributed by atoms with Gasteiger partial charge in [0.05, 0.1) is 0 Å². The van der Waals surface area contributed by atoms with Crippen molar-refractivity contribution in [2.75, 3.05) is 6.54 Å². The highest BCUT2D eigenvalue weighted by atomic mass is 79.9. The molecule has 1 unspecified atom stereocenters. The van der Waals surface area contributed by atoms with E-state index in [1.807, 2.05) is 13.0 Å². The Labute approximate surface area is 115 Å². The molecule has 1 aromatic carbocycles. The summed E-state index contributed by atoms with van der Waals surface area (Å²) < 4.78 is 0.797. The van der Waals surface area contributed by atoms with Crippen LogP contribution in [0.1, 0.15) is 31.9 Å². The Morgan fingerprint density at radius 3 is 2.56 bits per heavy atom. The first kappa shape index (κ1) is 14.7. The van der Waals surface area contributed by atoms with E-state index in [-0.39, 0.29) is 5.91 Å². The first-order valence-corrected chi connectivity index (χ1v) is 6.52. The van der Waals surface area contributed by atoms with Gasteiger partial charge in [-0.3, -0.25) is 4.79 Å². The van der Waals surface area contributed by atoms with E-state index in [2.05, 4.69) is 15.9 Å². The fourth-order valence-electron chi connectivity index (χ4n) is 1.84. The maximum atomic E-state index is 11.6. The predicted octanol–water partition coefficient (Wildman–Crippen LogP) is 2.83. The van der Waals surface area contributed by atoms with E-state index in [0.29, 0.717) is 12.1 Å². The van der Waals surface area contributed by atoms with Crippen LogP contribution in [0, 0.1) is 0 Å². The Hall–Kier alpha value is -1.36. The summed E-state index contributed by atoms with van der Waals surface area (Å²) in [5.74, 6) is -1.25. The summed E-state index contributed by atoms with van der Waals surface area (Å²) in [4.78, 5) is 24.4. The number of carboxylic acids is 1. The Balaban J connectivity index is 3.15. The van der Waals surface area contributed by atoms with E-state index < -0.39 is 12.0 Å². The average molecular weight is 314 g/mol. The molecular formula is C13H16BrNO3. The fraction of sp³-hybridized carbons (Fsp3) is 0.385. The third kappa shape index (κ3) is 3.57. The molecule has 1 aromatic rings. The van der Waals surface area contributed by atoms with Crippen molar-refractivity contribution in [3.05, 3.63) is 34.3 Å². The molecule has 1 atom stereocenters. The van der Waals surface area contributed by atoms with Gasteiger partial charge in [0.15, 0.2) is 6.04 Å². The van der Waals surface area contributed by atoms with Gasteiger partial charge >= 0.3 is 5.97 Å². The van der Waals surface area contributed by atoms with E-state index >= 15 is 0 Å². The molecule has 0 fully saturated rings. The maximum absolute atomic E-state index is 11.6. The predicted molar refractivity (Wildman–Crippen MR) is 72.2 cm³/mol. The lowest BCUT2D eigenvalue weighted by atomic mass is 10.1. The van der Waals surface area contributed by atoms with E-state index in [1.165, 1.54) is 11.8 Å². The summed E-state index contributed by atoms with van der Waals surface area (Å²) in [7, 11) is 0. The molecule has 0 radical (unpaired) electrons. The van der Waals surface area contributed by atoms with Crippen LogP contribution in [0.2, 0.25) is 0 Å². The van der Waals surface area contributed by atoms with Crippen LogP contribution in [0.3, 0.4) is 0 Å². The number of rotatable bonds is 5. The van der Waals surface area contributed by atoms with Gasteiger partial charge < -0.3 is 10.0 Å². The molecule has 5 heteroatoms. The zero-order valence-corrected chi connectivity index (χ0v) is 12.0. The number of amides is 1. The van der Waals surface area contributed by atoms with Gasteiger partial charge in [-0.25, -0.2) is 4.79 Å². The van der Waals surface area contributed by atoms with Gasteiger partial charge in [0.2, 0.25) is 5.91 Å². The van der Waals surface area contributed by atoms with Gasteiger partial charge in [-0.1, -0.05) is 35.0 Å². The van der Waals surface area contributed by atoms with Crippen LogP contribution < -0.4 is 0 Å². The molecule has 0 aliphatic rings. The van der Waals surface area contributed by atoms with Crippen LogP contribution in [0.25, 0.3) is 0 Å². The molecule has 0 saturated carbocycles. The van der Waals surface area contributed by atoms with E-state index in [1.54, 1.807) is 18.2 Å². The van der Waals surface area contributed by atoms with Gasteiger partial charge in [0, 0.05) is 17.9 Å². The Bertz CT molecular complexity index is 448. The van der Waals surface area contributed by atoms with Crippen LogP contribution in [-0.4, -0.2) is 28.4 Å². The van der Waals surface area contributed by atoms with Crippen molar-refractivity contribution >= 4 is 27.8 Å². The van der Waals surface area contributed by atoms with Crippen molar-refractivity contribution in [3.8, 4) is 0 Å². The molecule has 4 nitrogen and oxygen atoms in total. The van der Waals surface area contributed by atoms with Gasteiger partial charge in [0.25, 0.3) is 0 Å². The standard InChI is InChI=1S/C13H16BrNO3/c1-3-7-15(9(2)16)12(13(17)18)10-5-4-6-11(14)8-10/h4-6,8,12H,3,7H2,1-2H3,(H,17,18). The van der Waals surface area contributed by atoms with Crippen LogP contribution in [0.5, 0.6) is 0 Å². The molecule has 98 valence electrons. The van der Waals surface area contributed by atoms with Crippen molar-refractivity contribution in [2.24, 2.45) is 0 Å². The second-order valence-electron chi connectivity index (χ2n) is 4.01. The minimum absolute atomic E-state index is 0.232. The maximum Gasteiger partial charge on any atom is 0.331 e. The Kier molecular flexibility index (Phi) is 5.34. The highest BCUT2D eigenvalue weighted by molar-refractivity contribution is 9.10. The number of carbonyl (C=O) groups excluding carboxylic acids is 1. The zero-order valence-electron chi connectivity index (χ0n) is 10.4. The third-order valence-electron chi connectivity index (χ3n) is 2.58. The second kappa shape index (κ2) is 6.54. The zero-order chi connectivity index (χ0) is 13.7. The van der Waals surface area contributed by atoms with Crippen molar-refractivity contribution in [3.63, 3.8) is 0 Å². The number of halogens is 1. The highest BCUT2D eigenvalue weighted by Gasteiger charge is 2.28. The second-order valence-corrected chi connectivity index (χ2v) is 4.92. The van der Waals surface area contributed by atoms with Crippen molar-refractivity contribution in [1.29, 1.82) is 0 Å². The number of hydrogen-bond acceptors (Lipinski definition) is 2. The highest BCUT2D eigenvalue weighted by Crippen LogP contribution is 2.24. The molecule has 0 saturated heterocycles. The molecule has 0 aliphatic carbocycles. The van der Waals surface area contributed by atoms with E-state index in [4.69, 9.17) is 0 Å². The summed E-state index contributed by atoms with van der Waals surface area (Å²) in [6.07, 6.45) is 0.720. The molecule has 18 heavy (non-hydrogen) atoms. The molecule has 0 bridgehead atoms. The van der Waals surface area contributed by atoms with Gasteiger partial charge in [-0.15, -0.1) is 0 Å². The molecule has 1 N–H and O–H groups in total. The number of benzene rings is 1. The quantitative estimate of drug-likeness (QED) is 0.909. The molecule has 0 aromatic heterocycles. The van der Waals surface area contributed by atoms with Crippen LogP contribution in [-0.2, 0) is 9.59 Å². The number of carboxylic acid groups (broad SMARTS) is 1. The fourth-order valence-corrected chi connectivity index (χ4v) is 2.26. The first-order chi connectivity index (χ1) is 8.47. The molecule has 1 amide bonds. The summed E-state index contributed by atoms with van der Waals surface area (Å²) in [5.41, 5.74) is 0.598. The molecular weight excluding hydrogens is 298 g/mol. The summed E-state index contributed by atoms with van der Waals surface area (Å²) in [6.45, 7) is 3.73. The van der Waals surface area contributed by atoms with Crippen molar-refractivity contribution in [1.82, 2.24) is 4.90 Å². The molecule has 0 heterocycles. The van der Waals surface area contributed by atoms with Crippen LogP contribution >= 0.6 is 15.9 Å². The smallest absolute Gasteiger partial charge is 0.331 e. The topological polar surface area (TPSA) is 57.6 Å². The lowest BCUT2D eigenvalue weighted by Crippen LogP contribution is -2.38. The summed E-state index contributed by atoms with van der Waals surface area (Å²) in [6, 6.07) is 6.10. The average Bonchev–Trinajstić information content (AvgIpc) is 2.27. The van der Waals surface area contributed by atoms with Gasteiger partial charge in [0.1, 0.15) is 0 Å². The van der Waals surface area contributed by atoms with Crippen molar-refractivity contribution in [2.45, 2.75) is 26.3 Å². The van der Waals surface area contributed by atoms with Crippen LogP contribution in [0.15, 0.2) is 28.7 Å². The van der Waals surface area contributed by atoms with Gasteiger partial charge in [-0.05, 0) is 24.1 Å². The van der Waals surface area contributed by atoms with E-state index in [9.17, 15) is 14.7 Å². The first-order valence-electron chi connectivity index (χ1n) is 5.72. The minimum atomic E-state index is -1.02. The molecule has 0 spiro atoms. The lowest BCUT2D eigenvalue weighted by molar-refractivity contribution is -0.149. The number of hydrogen-bond donors (Lipinski definition) is 1. The van der Waals surface area contributed by atoms with Crippen molar-refractivity contribution < 1.29 is 14.7 Å². The van der Waals surface area contributed by atoms with Gasteiger partial charge in [-0.2, -0.15) is 0 Å². The summed E-state index contributed by atoms with van der Waals surface area (Å²) >= 11 is 3.31. The SMILES string of the molecule is CCCN(C(C)=O)C(C(=O)O)c1cccc(Br)c1. The number of nitrogens with zero attached hydrogens (tertiary/aromatic N) is 1. The molecule has 1 rings (SSSR count). The number of carbonyl (C=O) groups is 2.